The first-order valence-electron chi connectivity index (χ1n) is 10.3. The van der Waals surface area contributed by atoms with Gasteiger partial charge in [0.2, 0.25) is 15.9 Å². The summed E-state index contributed by atoms with van der Waals surface area (Å²) in [7, 11) is -3.39. The van der Waals surface area contributed by atoms with Crippen LogP contribution in [0.1, 0.15) is 50.3 Å². The molecular weight excluding hydrogens is 384 g/mol. The van der Waals surface area contributed by atoms with Crippen LogP contribution in [0.2, 0.25) is 0 Å². The van der Waals surface area contributed by atoms with E-state index in [1.165, 1.54) is 0 Å². The lowest BCUT2D eigenvalue weighted by Gasteiger charge is -2.23. The number of carbonyl (C=O) groups is 1. The van der Waals surface area contributed by atoms with Crippen molar-refractivity contribution in [2.45, 2.75) is 50.5 Å². The van der Waals surface area contributed by atoms with Gasteiger partial charge in [-0.15, -0.1) is 0 Å². The van der Waals surface area contributed by atoms with Gasteiger partial charge in [0, 0.05) is 19.5 Å². The van der Waals surface area contributed by atoms with Gasteiger partial charge in [0.15, 0.2) is 0 Å². The van der Waals surface area contributed by atoms with E-state index in [4.69, 9.17) is 0 Å². The second-order valence-corrected chi connectivity index (χ2v) is 9.89. The van der Waals surface area contributed by atoms with E-state index in [9.17, 15) is 13.2 Å². The average molecular weight is 415 g/mol. The third kappa shape index (κ3) is 5.46. The Labute approximate surface area is 174 Å². The number of benzene rings is 2. The van der Waals surface area contributed by atoms with Crippen LogP contribution in [-0.4, -0.2) is 31.7 Å². The van der Waals surface area contributed by atoms with Gasteiger partial charge in [-0.05, 0) is 48.4 Å². The van der Waals surface area contributed by atoms with Crippen molar-refractivity contribution < 1.29 is 13.2 Å². The molecule has 0 aliphatic carbocycles. The average Bonchev–Trinajstić information content (AvgIpc) is 3.27. The van der Waals surface area contributed by atoms with E-state index in [1.54, 1.807) is 16.4 Å². The van der Waals surface area contributed by atoms with Gasteiger partial charge in [-0.1, -0.05) is 56.3 Å². The number of amides is 1. The Balaban J connectivity index is 1.57. The van der Waals surface area contributed by atoms with Crippen LogP contribution in [0.3, 0.4) is 0 Å². The Morgan fingerprint density at radius 3 is 2.21 bits per heavy atom. The summed E-state index contributed by atoms with van der Waals surface area (Å²) >= 11 is 0. The molecule has 0 spiro atoms. The molecule has 1 aliphatic heterocycles. The number of rotatable bonds is 8. The third-order valence-corrected chi connectivity index (χ3v) is 7.32. The highest BCUT2D eigenvalue weighted by atomic mass is 32.2. The van der Waals surface area contributed by atoms with Crippen LogP contribution < -0.4 is 5.32 Å². The van der Waals surface area contributed by atoms with Crippen LogP contribution in [0.4, 0.5) is 0 Å². The minimum atomic E-state index is -3.39. The lowest BCUT2D eigenvalue weighted by molar-refractivity contribution is -0.122. The van der Waals surface area contributed by atoms with E-state index in [1.807, 2.05) is 42.5 Å². The number of nitrogens with one attached hydrogen (secondary N) is 1. The monoisotopic (exact) mass is 414 g/mol. The van der Waals surface area contributed by atoms with Crippen LogP contribution in [0.15, 0.2) is 59.5 Å². The number of aryl methyl sites for hydroxylation is 1. The summed E-state index contributed by atoms with van der Waals surface area (Å²) < 4.78 is 26.7. The second kappa shape index (κ2) is 9.55. The van der Waals surface area contributed by atoms with Gasteiger partial charge in [0.1, 0.15) is 0 Å². The second-order valence-electron chi connectivity index (χ2n) is 7.96. The molecule has 0 saturated carbocycles. The van der Waals surface area contributed by atoms with E-state index in [2.05, 4.69) is 19.2 Å². The fourth-order valence-corrected chi connectivity index (χ4v) is 5.22. The molecule has 3 rings (SSSR count). The SMILES string of the molecule is CC(C)C(NC(=O)CCc1ccc(S(=O)(=O)N2CCCC2)cc1)c1ccccc1. The first-order chi connectivity index (χ1) is 13.9. The smallest absolute Gasteiger partial charge is 0.243 e. The number of carbonyl (C=O) groups excluding carboxylic acids is 1. The molecule has 5 nitrogen and oxygen atoms in total. The van der Waals surface area contributed by atoms with Crippen LogP contribution in [0.5, 0.6) is 0 Å². The van der Waals surface area contributed by atoms with Crippen molar-refractivity contribution in [3.8, 4) is 0 Å². The van der Waals surface area contributed by atoms with E-state index < -0.39 is 10.0 Å². The van der Waals surface area contributed by atoms with Gasteiger partial charge in [-0.2, -0.15) is 4.31 Å². The molecule has 2 aromatic rings. The quantitative estimate of drug-likeness (QED) is 0.712. The van der Waals surface area contributed by atoms with E-state index in [-0.39, 0.29) is 17.9 Å². The van der Waals surface area contributed by atoms with Gasteiger partial charge in [-0.25, -0.2) is 8.42 Å². The largest absolute Gasteiger partial charge is 0.349 e. The normalized spacial score (nSPS) is 16.1. The van der Waals surface area contributed by atoms with Crippen molar-refractivity contribution in [2.24, 2.45) is 5.92 Å². The number of nitrogens with zero attached hydrogens (tertiary/aromatic N) is 1. The molecule has 2 aromatic carbocycles. The summed E-state index contributed by atoms with van der Waals surface area (Å²) in [4.78, 5) is 12.8. The standard InChI is InChI=1S/C23H30N2O3S/c1-18(2)23(20-8-4-3-5-9-20)24-22(26)15-12-19-10-13-21(14-11-19)29(27,28)25-16-6-7-17-25/h3-5,8-11,13-14,18,23H,6-7,12,15-17H2,1-2H3,(H,24,26). The van der Waals surface area contributed by atoms with Crippen molar-refractivity contribution in [3.05, 3.63) is 65.7 Å². The zero-order valence-corrected chi connectivity index (χ0v) is 18.0. The molecule has 1 heterocycles. The number of hydrogen-bond donors (Lipinski definition) is 1. The fourth-order valence-electron chi connectivity index (χ4n) is 3.70. The fraction of sp³-hybridized carbons (Fsp3) is 0.435. The van der Waals surface area contributed by atoms with E-state index in [0.717, 1.165) is 24.0 Å². The molecule has 1 amide bonds. The minimum absolute atomic E-state index is 0.00122. The van der Waals surface area contributed by atoms with Crippen LogP contribution in [-0.2, 0) is 21.2 Å². The van der Waals surface area contributed by atoms with Crippen molar-refractivity contribution in [3.63, 3.8) is 0 Å². The zero-order chi connectivity index (χ0) is 20.9. The summed E-state index contributed by atoms with van der Waals surface area (Å²) in [5.41, 5.74) is 2.06. The molecule has 156 valence electrons. The summed E-state index contributed by atoms with van der Waals surface area (Å²) in [5, 5.41) is 3.13. The minimum Gasteiger partial charge on any atom is -0.349 e. The maximum atomic E-state index is 12.6. The maximum Gasteiger partial charge on any atom is 0.243 e. The van der Waals surface area contributed by atoms with Gasteiger partial charge in [-0.3, -0.25) is 4.79 Å². The van der Waals surface area contributed by atoms with Gasteiger partial charge < -0.3 is 5.32 Å². The van der Waals surface area contributed by atoms with Gasteiger partial charge in [0.25, 0.3) is 0 Å². The molecule has 1 saturated heterocycles. The lowest BCUT2D eigenvalue weighted by Crippen LogP contribution is -2.31. The first kappa shape index (κ1) is 21.5. The zero-order valence-electron chi connectivity index (χ0n) is 17.2. The molecule has 0 aromatic heterocycles. The summed E-state index contributed by atoms with van der Waals surface area (Å²) in [6.07, 6.45) is 2.79. The third-order valence-electron chi connectivity index (χ3n) is 5.41. The van der Waals surface area contributed by atoms with E-state index in [0.29, 0.717) is 30.8 Å². The Kier molecular flexibility index (Phi) is 7.09. The lowest BCUT2D eigenvalue weighted by atomic mass is 9.96. The van der Waals surface area contributed by atoms with Crippen molar-refractivity contribution in [1.82, 2.24) is 9.62 Å². The Hall–Kier alpha value is -2.18. The molecule has 29 heavy (non-hydrogen) atoms. The molecule has 1 N–H and O–H groups in total. The summed E-state index contributed by atoms with van der Waals surface area (Å²) in [5.74, 6) is 0.290. The van der Waals surface area contributed by atoms with Crippen molar-refractivity contribution >= 4 is 15.9 Å². The van der Waals surface area contributed by atoms with E-state index >= 15 is 0 Å². The van der Waals surface area contributed by atoms with Crippen LogP contribution >= 0.6 is 0 Å². The highest BCUT2D eigenvalue weighted by Gasteiger charge is 2.27. The molecule has 0 bridgehead atoms. The topological polar surface area (TPSA) is 66.5 Å². The predicted molar refractivity (Wildman–Crippen MR) is 115 cm³/mol. The molecule has 1 fully saturated rings. The molecule has 1 unspecified atom stereocenters. The highest BCUT2D eigenvalue weighted by Crippen LogP contribution is 2.23. The number of hydrogen-bond acceptors (Lipinski definition) is 3. The molecule has 1 aliphatic rings. The number of sulfonamides is 1. The van der Waals surface area contributed by atoms with Crippen molar-refractivity contribution in [1.29, 1.82) is 0 Å². The van der Waals surface area contributed by atoms with Gasteiger partial charge >= 0.3 is 0 Å². The highest BCUT2D eigenvalue weighted by molar-refractivity contribution is 7.89. The maximum absolute atomic E-state index is 12.6. The molecular formula is C23H30N2O3S. The van der Waals surface area contributed by atoms with Crippen LogP contribution in [0.25, 0.3) is 0 Å². The Morgan fingerprint density at radius 1 is 1.00 bits per heavy atom. The van der Waals surface area contributed by atoms with Crippen LogP contribution in [0, 0.1) is 5.92 Å². The molecule has 6 heteroatoms. The summed E-state index contributed by atoms with van der Waals surface area (Å²) in [6.45, 7) is 5.39. The molecule has 0 radical (unpaired) electrons. The Bertz CT molecular complexity index is 903. The van der Waals surface area contributed by atoms with Gasteiger partial charge in [0.05, 0.1) is 10.9 Å². The summed E-state index contributed by atoms with van der Waals surface area (Å²) in [6, 6.07) is 16.9. The first-order valence-corrected chi connectivity index (χ1v) is 11.8. The Morgan fingerprint density at radius 2 is 1.62 bits per heavy atom. The predicted octanol–water partition coefficient (Wildman–Crippen LogP) is 3.92. The molecule has 1 atom stereocenters. The van der Waals surface area contributed by atoms with Crippen molar-refractivity contribution in [2.75, 3.05) is 13.1 Å².